The van der Waals surface area contributed by atoms with E-state index in [1.54, 1.807) is 0 Å². The van der Waals surface area contributed by atoms with Gasteiger partial charge in [-0.1, -0.05) is 153 Å². The van der Waals surface area contributed by atoms with E-state index >= 15 is 0 Å². The van der Waals surface area contributed by atoms with Crippen molar-refractivity contribution < 1.29 is 4.42 Å². The van der Waals surface area contributed by atoms with Crippen LogP contribution in [0.1, 0.15) is 91.7 Å². The first-order chi connectivity index (χ1) is 33.9. The normalized spacial score (nSPS) is 13.6. The van der Waals surface area contributed by atoms with Gasteiger partial charge in [-0.05, 0) is 155 Å². The van der Waals surface area contributed by atoms with Crippen LogP contribution in [0.2, 0.25) is 0 Å². The van der Waals surface area contributed by atoms with Gasteiger partial charge in [0.25, 0.3) is 6.71 Å². The van der Waals surface area contributed by atoms with Gasteiger partial charge in [0.1, 0.15) is 11.0 Å². The highest BCUT2D eigenvalue weighted by atomic mass is 16.3. The average molecular weight is 924 g/mol. The van der Waals surface area contributed by atoms with Gasteiger partial charge in [0, 0.05) is 55.6 Å². The van der Waals surface area contributed by atoms with Crippen molar-refractivity contribution in [1.82, 2.24) is 4.57 Å². The Bertz CT molecular complexity index is 3820. The minimum absolute atomic E-state index is 0.0783. The van der Waals surface area contributed by atoms with Crippen molar-refractivity contribution in [2.75, 3.05) is 9.80 Å². The number of rotatable bonds is 7. The van der Waals surface area contributed by atoms with Crippen LogP contribution in [0.15, 0.2) is 158 Å². The maximum absolute atomic E-state index is 6.55. The van der Waals surface area contributed by atoms with E-state index in [2.05, 4.69) is 219 Å². The summed E-state index contributed by atoms with van der Waals surface area (Å²) in [6, 6.07) is 47.4. The Labute approximate surface area is 420 Å². The van der Waals surface area contributed by atoms with Crippen LogP contribution in [0.4, 0.5) is 34.1 Å². The lowest BCUT2D eigenvalue weighted by Crippen LogP contribution is -2.61. The summed E-state index contributed by atoms with van der Waals surface area (Å²) < 4.78 is 8.98. The van der Waals surface area contributed by atoms with Crippen LogP contribution in [0.25, 0.3) is 51.9 Å². The van der Waals surface area contributed by atoms with E-state index in [9.17, 15) is 0 Å². The second-order valence-electron chi connectivity index (χ2n) is 21.8. The zero-order valence-corrected chi connectivity index (χ0v) is 43.0. The molecule has 0 bridgehead atoms. The minimum atomic E-state index is -0.176. The average Bonchev–Trinajstić information content (AvgIpc) is 3.83. The van der Waals surface area contributed by atoms with E-state index in [0.29, 0.717) is 0 Å². The molecule has 0 atom stereocenters. The summed E-state index contributed by atoms with van der Waals surface area (Å²) in [6.45, 7) is 40.5. The molecular weight excluding hydrogens is 862 g/mol. The van der Waals surface area contributed by atoms with Crippen LogP contribution in [0, 0.1) is 27.7 Å². The summed E-state index contributed by atoms with van der Waals surface area (Å²) >= 11 is 0. The summed E-state index contributed by atoms with van der Waals surface area (Å²) in [4.78, 5) is 5.12. The molecule has 4 nitrogen and oxygen atoms in total. The highest BCUT2D eigenvalue weighted by molar-refractivity contribution is 7.00. The van der Waals surface area contributed by atoms with Crippen LogP contribution in [0.3, 0.4) is 0 Å². The van der Waals surface area contributed by atoms with Crippen molar-refractivity contribution >= 4 is 103 Å². The van der Waals surface area contributed by atoms with E-state index in [1.807, 2.05) is 36.4 Å². The predicted molar refractivity (Wildman–Crippen MR) is 308 cm³/mol. The topological polar surface area (TPSA) is 24.6 Å². The zero-order chi connectivity index (χ0) is 50.0. The molecule has 5 heteroatoms. The molecule has 7 aromatic carbocycles. The fourth-order valence-electron chi connectivity index (χ4n) is 11.8. The number of nitrogens with zero attached hydrogens (tertiary/aromatic N) is 3. The fourth-order valence-corrected chi connectivity index (χ4v) is 11.8. The number of aromatic nitrogens is 1. The maximum Gasteiger partial charge on any atom is 0.252 e. The van der Waals surface area contributed by atoms with Gasteiger partial charge in [-0.25, -0.2) is 0 Å². The molecule has 9 aromatic rings. The van der Waals surface area contributed by atoms with Gasteiger partial charge >= 0.3 is 0 Å². The smallest absolute Gasteiger partial charge is 0.252 e. The Morgan fingerprint density at radius 2 is 1.20 bits per heavy atom. The third-order valence-corrected chi connectivity index (χ3v) is 15.2. The summed E-state index contributed by atoms with van der Waals surface area (Å²) in [5, 5.41) is 3.02. The molecule has 0 unspecified atom stereocenters. The van der Waals surface area contributed by atoms with E-state index in [4.69, 9.17) is 4.42 Å². The molecule has 2 aromatic heterocycles. The monoisotopic (exact) mass is 923 g/mol. The molecule has 4 heterocycles. The summed E-state index contributed by atoms with van der Waals surface area (Å²) in [7, 11) is 0. The molecular formula is C66H62BN3O. The second kappa shape index (κ2) is 16.4. The van der Waals surface area contributed by atoms with Gasteiger partial charge in [0.05, 0.1) is 22.6 Å². The molecule has 11 rings (SSSR count). The number of hydrogen-bond acceptors (Lipinski definition) is 3. The highest BCUT2D eigenvalue weighted by Crippen LogP contribution is 2.49. The number of para-hydroxylation sites is 3. The van der Waals surface area contributed by atoms with Crippen molar-refractivity contribution in [2.24, 2.45) is 0 Å². The second-order valence-corrected chi connectivity index (χ2v) is 21.8. The molecule has 2 aliphatic rings. The minimum Gasteiger partial charge on any atom is -0.455 e. The molecule has 0 spiro atoms. The number of hydrogen-bond donors (Lipinski definition) is 0. The number of aryl methyl sites for hydroxylation is 4. The number of allylic oxidation sites excluding steroid dienone is 1. The van der Waals surface area contributed by atoms with Gasteiger partial charge in [-0.3, -0.25) is 0 Å². The SMILES string of the molecule is C=C/C(c1cc(C)c(N2c3cc4c(cc3B3c5cc(C(C)(C)C)ccc5N(c5ccccc5)c5cc(C(C)(C)C)cc2c53)c(C=C)c(C=C)n4-c2c(C)cccc2C)c(C)c1)=c1/oc2ccccc2c1=C. The van der Waals surface area contributed by atoms with Gasteiger partial charge in [-0.15, -0.1) is 0 Å². The molecule has 0 amide bonds. The molecule has 0 aliphatic carbocycles. The Morgan fingerprint density at radius 3 is 1.82 bits per heavy atom. The molecule has 0 radical (unpaired) electrons. The van der Waals surface area contributed by atoms with E-state index < -0.39 is 0 Å². The van der Waals surface area contributed by atoms with Crippen molar-refractivity contribution in [3.63, 3.8) is 0 Å². The lowest BCUT2D eigenvalue weighted by atomic mass is 9.33. The standard InChI is InChI=1S/C66H62BN3O/c1-15-48(64-43(8)50-28-21-22-29-60(50)71-64)44-32-41(6)63(42(7)33-44)70-57-38-56-51(49(16-2)54(17-3)69(56)62-39(4)24-23-25-40(62)5)37-53(57)67-52-34-45(65(9,10)11)30-31-55(52)68(47-26-19-18-20-27-47)58-35-46(66(12,13)14)36-59(70)61(58)67/h15-38H,1-3,8H2,4-7,9-14H3/b64-48-. The van der Waals surface area contributed by atoms with E-state index in [1.165, 1.54) is 55.7 Å². The maximum atomic E-state index is 6.55. The van der Waals surface area contributed by atoms with Crippen molar-refractivity contribution in [3.05, 3.63) is 214 Å². The van der Waals surface area contributed by atoms with E-state index in [-0.39, 0.29) is 17.5 Å². The first-order valence-corrected chi connectivity index (χ1v) is 24.9. The largest absolute Gasteiger partial charge is 0.455 e. The van der Waals surface area contributed by atoms with Crippen LogP contribution in [-0.2, 0) is 10.8 Å². The number of anilines is 6. The molecule has 350 valence electrons. The highest BCUT2D eigenvalue weighted by Gasteiger charge is 2.45. The van der Waals surface area contributed by atoms with Crippen LogP contribution >= 0.6 is 0 Å². The Morgan fingerprint density at radius 1 is 0.563 bits per heavy atom. The Hall–Kier alpha value is -7.76. The number of benzene rings is 7. The van der Waals surface area contributed by atoms with Crippen LogP contribution < -0.4 is 36.8 Å². The molecule has 2 aliphatic heterocycles. The zero-order valence-electron chi connectivity index (χ0n) is 43.0. The first kappa shape index (κ1) is 45.7. The third-order valence-electron chi connectivity index (χ3n) is 15.2. The third kappa shape index (κ3) is 6.95. The summed E-state index contributed by atoms with van der Waals surface area (Å²) in [6.07, 6.45) is 5.94. The molecule has 0 saturated carbocycles. The summed E-state index contributed by atoms with van der Waals surface area (Å²) in [5.74, 6) is 0. The van der Waals surface area contributed by atoms with Crippen molar-refractivity contribution in [3.8, 4) is 5.69 Å². The van der Waals surface area contributed by atoms with Gasteiger partial charge < -0.3 is 18.8 Å². The number of fused-ring (bicyclic) bond motifs is 6. The van der Waals surface area contributed by atoms with Crippen LogP contribution in [-0.4, -0.2) is 11.3 Å². The lowest BCUT2D eigenvalue weighted by molar-refractivity contribution is 0.573. The lowest BCUT2D eigenvalue weighted by Gasteiger charge is -2.46. The fraction of sp³-hybridized carbons (Fsp3) is 0.182. The molecule has 0 N–H and O–H groups in total. The van der Waals surface area contributed by atoms with Crippen LogP contribution in [0.5, 0.6) is 0 Å². The van der Waals surface area contributed by atoms with Crippen molar-refractivity contribution in [2.45, 2.75) is 80.1 Å². The molecule has 0 fully saturated rings. The predicted octanol–water partition coefficient (Wildman–Crippen LogP) is 14.4. The van der Waals surface area contributed by atoms with Gasteiger partial charge in [0.2, 0.25) is 0 Å². The first-order valence-electron chi connectivity index (χ1n) is 24.9. The van der Waals surface area contributed by atoms with Crippen molar-refractivity contribution in [1.29, 1.82) is 0 Å². The van der Waals surface area contributed by atoms with Gasteiger partial charge in [-0.2, -0.15) is 0 Å². The molecule has 71 heavy (non-hydrogen) atoms. The summed E-state index contributed by atoms with van der Waals surface area (Å²) in [5.41, 5.74) is 25.7. The van der Waals surface area contributed by atoms with E-state index in [0.717, 1.165) is 88.8 Å². The Balaban J connectivity index is 1.31. The molecule has 0 saturated heterocycles. The quantitative estimate of drug-likeness (QED) is 0.149. The Kier molecular flexibility index (Phi) is 10.6. The van der Waals surface area contributed by atoms with Gasteiger partial charge in [0.15, 0.2) is 0 Å². The number of furan rings is 1.